The first-order chi connectivity index (χ1) is 5.25. The second-order valence-corrected chi connectivity index (χ2v) is 1.87. The summed E-state index contributed by atoms with van der Waals surface area (Å²) in [5, 5.41) is 20.1. The van der Waals surface area contributed by atoms with E-state index in [1.165, 1.54) is 24.3 Å². The van der Waals surface area contributed by atoms with Crippen LogP contribution in [-0.4, -0.2) is 5.97 Å². The van der Waals surface area contributed by atoms with E-state index in [1.807, 2.05) is 0 Å². The standard InChI is InChI=1S/C7H6O4.2Na/c8-7(9)5-3-1-2-4-6(5)11-10;;/h1-4,10H,(H,8,9);;/q;2*+1/p-2. The van der Waals surface area contributed by atoms with Crippen LogP contribution in [0.15, 0.2) is 24.3 Å². The molecule has 0 amide bonds. The third kappa shape index (κ3) is 4.46. The average Bonchev–Trinajstić information content (AvgIpc) is 2.04. The number of hydrogen-bond acceptors (Lipinski definition) is 4. The molecule has 0 aliphatic heterocycles. The van der Waals surface area contributed by atoms with Gasteiger partial charge in [0.15, 0.2) is 0 Å². The van der Waals surface area contributed by atoms with Crippen molar-refractivity contribution in [2.45, 2.75) is 0 Å². The molecule has 13 heavy (non-hydrogen) atoms. The first kappa shape index (κ1) is 15.9. The van der Waals surface area contributed by atoms with Gasteiger partial charge in [-0.2, -0.15) is 0 Å². The SMILES string of the molecule is O=C([O-])c1ccccc1O[O-].[Na+].[Na+]. The minimum absolute atomic E-state index is 0. The number of para-hydroxylation sites is 1. The van der Waals surface area contributed by atoms with Gasteiger partial charge in [0, 0.05) is 5.56 Å². The molecule has 0 bridgehead atoms. The molecule has 0 heterocycles. The van der Waals surface area contributed by atoms with E-state index in [0.717, 1.165) is 0 Å². The Morgan fingerprint density at radius 2 is 1.77 bits per heavy atom. The third-order valence-electron chi connectivity index (χ3n) is 1.20. The summed E-state index contributed by atoms with van der Waals surface area (Å²) in [6, 6.07) is 5.48. The Labute approximate surface area is 119 Å². The number of carbonyl (C=O) groups excluding carboxylic acids is 1. The van der Waals surface area contributed by atoms with Gasteiger partial charge in [0.1, 0.15) is 5.75 Å². The number of rotatable bonds is 2. The molecule has 0 fully saturated rings. The monoisotopic (exact) mass is 198 g/mol. The van der Waals surface area contributed by atoms with Crippen LogP contribution in [0.4, 0.5) is 0 Å². The van der Waals surface area contributed by atoms with Gasteiger partial charge in [-0.05, 0) is 12.1 Å². The summed E-state index contributed by atoms with van der Waals surface area (Å²) < 4.78 is 0. The molecule has 0 atom stereocenters. The number of carboxylic acid groups (broad SMARTS) is 1. The summed E-state index contributed by atoms with van der Waals surface area (Å²) in [6.45, 7) is 0. The molecule has 58 valence electrons. The van der Waals surface area contributed by atoms with Crippen LogP contribution < -0.4 is 74.4 Å². The van der Waals surface area contributed by atoms with E-state index in [4.69, 9.17) is 0 Å². The molecule has 6 heteroatoms. The van der Waals surface area contributed by atoms with Crippen molar-refractivity contribution >= 4 is 5.97 Å². The molecule has 0 aromatic heterocycles. The number of aromatic carboxylic acids is 1. The molecular weight excluding hydrogens is 194 g/mol. The van der Waals surface area contributed by atoms with Gasteiger partial charge in [0.25, 0.3) is 0 Å². The van der Waals surface area contributed by atoms with Crippen LogP contribution >= 0.6 is 0 Å². The predicted molar refractivity (Wildman–Crippen MR) is 31.4 cm³/mol. The smallest absolute Gasteiger partial charge is 0.664 e. The Kier molecular flexibility index (Phi) is 9.56. The van der Waals surface area contributed by atoms with Crippen molar-refractivity contribution in [3.05, 3.63) is 29.8 Å². The van der Waals surface area contributed by atoms with Crippen molar-refractivity contribution < 1.29 is 79.2 Å². The van der Waals surface area contributed by atoms with Crippen molar-refractivity contribution in [1.29, 1.82) is 0 Å². The molecular formula is C7H4Na2O4. The summed E-state index contributed by atoms with van der Waals surface area (Å²) in [4.78, 5) is 13.8. The normalized spacial score (nSPS) is 7.77. The zero-order valence-corrected chi connectivity index (χ0v) is 11.4. The van der Waals surface area contributed by atoms with E-state index in [1.54, 1.807) is 0 Å². The average molecular weight is 198 g/mol. The molecule has 0 saturated carbocycles. The van der Waals surface area contributed by atoms with Gasteiger partial charge in [-0.15, -0.1) is 0 Å². The summed E-state index contributed by atoms with van der Waals surface area (Å²) >= 11 is 0. The molecule has 1 aromatic carbocycles. The van der Waals surface area contributed by atoms with Crippen LogP contribution in [-0.2, 0) is 0 Å². The van der Waals surface area contributed by atoms with Crippen molar-refractivity contribution in [2.75, 3.05) is 0 Å². The summed E-state index contributed by atoms with van der Waals surface area (Å²) in [5.74, 6) is -1.65. The number of carboxylic acids is 1. The second kappa shape index (κ2) is 7.82. The molecule has 0 aliphatic carbocycles. The van der Waals surface area contributed by atoms with Crippen molar-refractivity contribution in [3.8, 4) is 5.75 Å². The maximum Gasteiger partial charge on any atom is 1.00 e. The van der Waals surface area contributed by atoms with Crippen molar-refractivity contribution in [1.82, 2.24) is 0 Å². The molecule has 0 unspecified atom stereocenters. The molecule has 0 saturated heterocycles. The minimum atomic E-state index is -1.42. The second-order valence-electron chi connectivity index (χ2n) is 1.87. The third-order valence-corrected chi connectivity index (χ3v) is 1.20. The number of carbonyl (C=O) groups is 1. The van der Waals surface area contributed by atoms with Gasteiger partial charge in [-0.1, -0.05) is 12.1 Å². The summed E-state index contributed by atoms with van der Waals surface area (Å²) in [5.41, 5.74) is -0.234. The first-order valence-electron chi connectivity index (χ1n) is 2.86. The Morgan fingerprint density at radius 1 is 1.23 bits per heavy atom. The molecule has 1 rings (SSSR count). The topological polar surface area (TPSA) is 72.4 Å². The van der Waals surface area contributed by atoms with E-state index >= 15 is 0 Å². The van der Waals surface area contributed by atoms with Gasteiger partial charge >= 0.3 is 59.1 Å². The van der Waals surface area contributed by atoms with Crippen molar-refractivity contribution in [3.63, 3.8) is 0 Å². The zero-order chi connectivity index (χ0) is 8.27. The fraction of sp³-hybridized carbons (Fsp3) is 0. The molecule has 0 spiro atoms. The predicted octanol–water partition coefficient (Wildman–Crippen LogP) is -7.29. The Hall–Kier alpha value is 0.450. The maximum atomic E-state index is 10.3. The molecule has 0 radical (unpaired) electrons. The van der Waals surface area contributed by atoms with Crippen LogP contribution in [0.3, 0.4) is 0 Å². The number of hydrogen-bond donors (Lipinski definition) is 0. The van der Waals surface area contributed by atoms with Crippen LogP contribution in [0.2, 0.25) is 0 Å². The molecule has 1 aromatic rings. The van der Waals surface area contributed by atoms with Gasteiger partial charge in [-0.3, -0.25) is 0 Å². The fourth-order valence-electron chi connectivity index (χ4n) is 0.708. The summed E-state index contributed by atoms with van der Waals surface area (Å²) in [7, 11) is 0. The van der Waals surface area contributed by atoms with E-state index in [0.29, 0.717) is 0 Å². The Balaban J connectivity index is 0. The van der Waals surface area contributed by atoms with E-state index in [9.17, 15) is 15.2 Å². The molecule has 4 nitrogen and oxygen atoms in total. The largest absolute Gasteiger partial charge is 1.00 e. The summed E-state index contributed by atoms with van der Waals surface area (Å²) in [6.07, 6.45) is 0. The van der Waals surface area contributed by atoms with Gasteiger partial charge in [0.2, 0.25) is 0 Å². The quantitative estimate of drug-likeness (QED) is 0.269. The van der Waals surface area contributed by atoms with Crippen LogP contribution in [0.25, 0.3) is 0 Å². The Morgan fingerprint density at radius 3 is 2.15 bits per heavy atom. The fourth-order valence-corrected chi connectivity index (χ4v) is 0.708. The van der Waals surface area contributed by atoms with Gasteiger partial charge in [0.05, 0.1) is 5.97 Å². The van der Waals surface area contributed by atoms with Crippen LogP contribution in [0.5, 0.6) is 5.75 Å². The number of benzene rings is 1. The van der Waals surface area contributed by atoms with Gasteiger partial charge < -0.3 is 20.0 Å². The van der Waals surface area contributed by atoms with Gasteiger partial charge in [-0.25, -0.2) is 0 Å². The zero-order valence-electron chi connectivity index (χ0n) is 7.44. The first-order valence-corrected chi connectivity index (χ1v) is 2.86. The minimum Gasteiger partial charge on any atom is -0.664 e. The van der Waals surface area contributed by atoms with E-state index < -0.39 is 5.97 Å². The maximum absolute atomic E-state index is 10.3. The van der Waals surface area contributed by atoms with E-state index in [2.05, 4.69) is 4.89 Å². The Bertz CT molecular complexity index is 277. The molecule has 0 N–H and O–H groups in total. The van der Waals surface area contributed by atoms with Crippen LogP contribution in [0, 0.1) is 0 Å². The van der Waals surface area contributed by atoms with Crippen molar-refractivity contribution in [2.24, 2.45) is 0 Å². The molecule has 0 aliphatic rings. The van der Waals surface area contributed by atoms with E-state index in [-0.39, 0.29) is 70.4 Å². The van der Waals surface area contributed by atoms with Crippen LogP contribution in [0.1, 0.15) is 10.4 Å².